The number of carbonyl (C=O) groups excluding carboxylic acids is 1. The largest absolute Gasteiger partial charge is 0.465 e. The summed E-state index contributed by atoms with van der Waals surface area (Å²) in [5, 5.41) is 3.93. The lowest BCUT2D eigenvalue weighted by Gasteiger charge is -2.08. The molecule has 0 aliphatic heterocycles. The van der Waals surface area contributed by atoms with Crippen molar-refractivity contribution in [2.24, 2.45) is 0 Å². The van der Waals surface area contributed by atoms with E-state index in [1.165, 1.54) is 7.11 Å². The molecule has 0 aromatic heterocycles. The normalized spacial score (nSPS) is 10.0. The smallest absolute Gasteiger partial charge is 0.337 e. The SMILES string of the molecule is COC(=O)c1ccc(CNc2ccccc2Cl)cc1. The zero-order valence-electron chi connectivity index (χ0n) is 10.5. The van der Waals surface area contributed by atoms with Crippen LogP contribution in [0.1, 0.15) is 15.9 Å². The Morgan fingerprint density at radius 1 is 1.16 bits per heavy atom. The van der Waals surface area contributed by atoms with Crippen LogP contribution >= 0.6 is 11.6 Å². The van der Waals surface area contributed by atoms with Gasteiger partial charge in [-0.15, -0.1) is 0 Å². The molecule has 0 aliphatic rings. The maximum atomic E-state index is 11.3. The Morgan fingerprint density at radius 2 is 1.84 bits per heavy atom. The molecular formula is C15H14ClNO2. The van der Waals surface area contributed by atoms with Crippen LogP contribution in [0, 0.1) is 0 Å². The first-order chi connectivity index (χ1) is 9.20. The van der Waals surface area contributed by atoms with Crippen LogP contribution in [0.15, 0.2) is 48.5 Å². The van der Waals surface area contributed by atoms with Crippen LogP contribution in [0.3, 0.4) is 0 Å². The van der Waals surface area contributed by atoms with Crippen molar-refractivity contribution < 1.29 is 9.53 Å². The highest BCUT2D eigenvalue weighted by molar-refractivity contribution is 6.33. The van der Waals surface area contributed by atoms with Crippen LogP contribution in [-0.2, 0) is 11.3 Å². The molecule has 0 saturated carbocycles. The first kappa shape index (κ1) is 13.4. The number of methoxy groups -OCH3 is 1. The topological polar surface area (TPSA) is 38.3 Å². The van der Waals surface area contributed by atoms with Crippen LogP contribution in [-0.4, -0.2) is 13.1 Å². The number of esters is 1. The Balaban J connectivity index is 2.01. The van der Waals surface area contributed by atoms with E-state index in [-0.39, 0.29) is 5.97 Å². The van der Waals surface area contributed by atoms with Crippen molar-refractivity contribution in [2.75, 3.05) is 12.4 Å². The third kappa shape index (κ3) is 3.48. The molecule has 2 aromatic carbocycles. The van der Waals surface area contributed by atoms with Gasteiger partial charge in [-0.25, -0.2) is 4.79 Å². The molecule has 0 fully saturated rings. The maximum absolute atomic E-state index is 11.3. The summed E-state index contributed by atoms with van der Waals surface area (Å²) in [5.41, 5.74) is 2.50. The van der Waals surface area contributed by atoms with Crippen molar-refractivity contribution in [3.05, 3.63) is 64.7 Å². The van der Waals surface area contributed by atoms with Crippen molar-refractivity contribution in [1.82, 2.24) is 0 Å². The molecule has 2 aromatic rings. The van der Waals surface area contributed by atoms with Gasteiger partial charge in [0.1, 0.15) is 0 Å². The summed E-state index contributed by atoms with van der Waals surface area (Å²) >= 11 is 6.05. The number of nitrogens with one attached hydrogen (secondary N) is 1. The van der Waals surface area contributed by atoms with Crippen LogP contribution < -0.4 is 5.32 Å². The fourth-order valence-electron chi connectivity index (χ4n) is 1.68. The lowest BCUT2D eigenvalue weighted by molar-refractivity contribution is 0.0600. The van der Waals surface area contributed by atoms with E-state index in [0.717, 1.165) is 11.3 Å². The third-order valence-electron chi connectivity index (χ3n) is 2.73. The molecule has 0 spiro atoms. The number of hydrogen-bond donors (Lipinski definition) is 1. The van der Waals surface area contributed by atoms with E-state index in [2.05, 4.69) is 10.1 Å². The molecule has 0 amide bonds. The van der Waals surface area contributed by atoms with Gasteiger partial charge in [0.05, 0.1) is 23.4 Å². The molecule has 2 rings (SSSR count). The third-order valence-corrected chi connectivity index (χ3v) is 3.06. The highest BCUT2D eigenvalue weighted by atomic mass is 35.5. The highest BCUT2D eigenvalue weighted by Crippen LogP contribution is 2.21. The van der Waals surface area contributed by atoms with E-state index in [1.807, 2.05) is 36.4 Å². The second-order valence-corrected chi connectivity index (χ2v) is 4.43. The Bertz CT molecular complexity index is 567. The molecule has 0 unspecified atom stereocenters. The second kappa shape index (κ2) is 6.25. The molecule has 0 heterocycles. The Kier molecular flexibility index (Phi) is 4.42. The Hall–Kier alpha value is -2.00. The van der Waals surface area contributed by atoms with Crippen LogP contribution in [0.5, 0.6) is 0 Å². The molecule has 0 bridgehead atoms. The fraction of sp³-hybridized carbons (Fsp3) is 0.133. The van der Waals surface area contributed by atoms with Crippen LogP contribution in [0.4, 0.5) is 5.69 Å². The van der Waals surface area contributed by atoms with Crippen molar-refractivity contribution >= 4 is 23.3 Å². The van der Waals surface area contributed by atoms with Crippen LogP contribution in [0.25, 0.3) is 0 Å². The van der Waals surface area contributed by atoms with Crippen molar-refractivity contribution in [1.29, 1.82) is 0 Å². The van der Waals surface area contributed by atoms with E-state index < -0.39 is 0 Å². The molecule has 19 heavy (non-hydrogen) atoms. The average Bonchev–Trinajstić information content (AvgIpc) is 2.46. The van der Waals surface area contributed by atoms with Crippen molar-refractivity contribution in [2.45, 2.75) is 6.54 Å². The van der Waals surface area contributed by atoms with Gasteiger partial charge in [-0.05, 0) is 29.8 Å². The molecule has 0 saturated heterocycles. The van der Waals surface area contributed by atoms with Crippen molar-refractivity contribution in [3.8, 4) is 0 Å². The first-order valence-electron chi connectivity index (χ1n) is 5.86. The van der Waals surface area contributed by atoms with Gasteiger partial charge in [-0.2, -0.15) is 0 Å². The summed E-state index contributed by atoms with van der Waals surface area (Å²) in [4.78, 5) is 11.3. The monoisotopic (exact) mass is 275 g/mol. The van der Waals surface area contributed by atoms with E-state index in [0.29, 0.717) is 17.1 Å². The number of para-hydroxylation sites is 1. The van der Waals surface area contributed by atoms with Gasteiger partial charge in [0, 0.05) is 6.54 Å². The lowest BCUT2D eigenvalue weighted by Crippen LogP contribution is -2.03. The van der Waals surface area contributed by atoms with Gasteiger partial charge in [0.25, 0.3) is 0 Å². The van der Waals surface area contributed by atoms with Gasteiger partial charge in [0.15, 0.2) is 0 Å². The van der Waals surface area contributed by atoms with Gasteiger partial charge < -0.3 is 10.1 Å². The van der Waals surface area contributed by atoms with Gasteiger partial charge in [-0.1, -0.05) is 35.9 Å². The Morgan fingerprint density at radius 3 is 2.47 bits per heavy atom. The molecule has 0 aliphatic carbocycles. The molecular weight excluding hydrogens is 262 g/mol. The maximum Gasteiger partial charge on any atom is 0.337 e. The van der Waals surface area contributed by atoms with E-state index in [4.69, 9.17) is 11.6 Å². The van der Waals surface area contributed by atoms with E-state index >= 15 is 0 Å². The summed E-state index contributed by atoms with van der Waals surface area (Å²) in [6.07, 6.45) is 0. The predicted molar refractivity (Wildman–Crippen MR) is 76.6 cm³/mol. The predicted octanol–water partition coefficient (Wildman–Crippen LogP) is 3.74. The molecule has 98 valence electrons. The summed E-state index contributed by atoms with van der Waals surface area (Å²) in [5.74, 6) is -0.328. The molecule has 3 nitrogen and oxygen atoms in total. The Labute approximate surface area is 117 Å². The molecule has 0 atom stereocenters. The fourth-order valence-corrected chi connectivity index (χ4v) is 1.88. The number of ether oxygens (including phenoxy) is 1. The second-order valence-electron chi connectivity index (χ2n) is 4.02. The zero-order valence-corrected chi connectivity index (χ0v) is 11.3. The summed E-state index contributed by atoms with van der Waals surface area (Å²) in [7, 11) is 1.37. The molecule has 0 radical (unpaired) electrons. The quantitative estimate of drug-likeness (QED) is 0.864. The highest BCUT2D eigenvalue weighted by Gasteiger charge is 2.04. The van der Waals surface area contributed by atoms with Gasteiger partial charge in [-0.3, -0.25) is 0 Å². The number of benzene rings is 2. The number of hydrogen-bond acceptors (Lipinski definition) is 3. The average molecular weight is 276 g/mol. The van der Waals surface area contributed by atoms with E-state index in [9.17, 15) is 4.79 Å². The number of carbonyl (C=O) groups is 1. The van der Waals surface area contributed by atoms with Crippen LogP contribution in [0.2, 0.25) is 5.02 Å². The summed E-state index contributed by atoms with van der Waals surface area (Å²) in [6.45, 7) is 0.644. The standard InChI is InChI=1S/C15H14ClNO2/c1-19-15(18)12-8-6-11(7-9-12)10-17-14-5-3-2-4-13(14)16/h2-9,17H,10H2,1H3. The molecule has 4 heteroatoms. The lowest BCUT2D eigenvalue weighted by atomic mass is 10.1. The number of rotatable bonds is 4. The van der Waals surface area contributed by atoms with E-state index in [1.54, 1.807) is 12.1 Å². The minimum atomic E-state index is -0.328. The number of halogens is 1. The first-order valence-corrected chi connectivity index (χ1v) is 6.24. The number of anilines is 1. The van der Waals surface area contributed by atoms with Gasteiger partial charge >= 0.3 is 5.97 Å². The minimum Gasteiger partial charge on any atom is -0.465 e. The summed E-state index contributed by atoms with van der Waals surface area (Å²) in [6, 6.07) is 14.8. The summed E-state index contributed by atoms with van der Waals surface area (Å²) < 4.78 is 4.65. The van der Waals surface area contributed by atoms with Crippen molar-refractivity contribution in [3.63, 3.8) is 0 Å². The van der Waals surface area contributed by atoms with Gasteiger partial charge in [0.2, 0.25) is 0 Å². The minimum absolute atomic E-state index is 0.328. The molecule has 1 N–H and O–H groups in total. The zero-order chi connectivity index (χ0) is 13.7.